The number of esters is 1. The molecule has 0 spiro atoms. The largest absolute Gasteiger partial charge is 0.466 e. The van der Waals surface area contributed by atoms with Crippen LogP contribution in [0.2, 0.25) is 0 Å². The van der Waals surface area contributed by atoms with Crippen molar-refractivity contribution in [2.45, 2.75) is 51.0 Å². The molecule has 0 amide bonds. The number of allylic oxidation sites excluding steroid dienone is 1. The Kier molecular flexibility index (Phi) is 3.29. The summed E-state index contributed by atoms with van der Waals surface area (Å²) in [5.41, 5.74) is 2.03. The molecule has 0 heterocycles. The van der Waals surface area contributed by atoms with Gasteiger partial charge in [0.05, 0.1) is 12.7 Å². The van der Waals surface area contributed by atoms with Crippen LogP contribution in [-0.4, -0.2) is 19.1 Å². The maximum Gasteiger partial charge on any atom is 0.335 e. The van der Waals surface area contributed by atoms with Crippen LogP contribution in [0.1, 0.15) is 44.9 Å². The van der Waals surface area contributed by atoms with Gasteiger partial charge < -0.3 is 10.1 Å². The number of hydrogen-bond acceptors (Lipinski definition) is 3. The minimum absolute atomic E-state index is 0.145. The van der Waals surface area contributed by atoms with Crippen molar-refractivity contribution in [2.75, 3.05) is 7.11 Å². The molecule has 84 valence electrons. The van der Waals surface area contributed by atoms with Gasteiger partial charge >= 0.3 is 5.97 Å². The molecule has 2 aliphatic rings. The van der Waals surface area contributed by atoms with E-state index in [0.29, 0.717) is 6.04 Å². The molecule has 0 unspecified atom stereocenters. The van der Waals surface area contributed by atoms with Crippen LogP contribution < -0.4 is 5.32 Å². The Balaban J connectivity index is 2.01. The van der Waals surface area contributed by atoms with E-state index in [9.17, 15) is 4.79 Å². The van der Waals surface area contributed by atoms with Crippen molar-refractivity contribution >= 4 is 5.97 Å². The van der Waals surface area contributed by atoms with Crippen molar-refractivity contribution in [3.63, 3.8) is 0 Å². The molecule has 3 heteroatoms. The van der Waals surface area contributed by atoms with Gasteiger partial charge in [-0.05, 0) is 32.1 Å². The van der Waals surface area contributed by atoms with Gasteiger partial charge in [-0.15, -0.1) is 0 Å². The van der Waals surface area contributed by atoms with Gasteiger partial charge in [0.15, 0.2) is 0 Å². The highest BCUT2D eigenvalue weighted by atomic mass is 16.5. The minimum atomic E-state index is -0.145. The highest BCUT2D eigenvalue weighted by molar-refractivity contribution is 5.89. The number of carbonyl (C=O) groups excluding carboxylic acids is 1. The monoisotopic (exact) mass is 209 g/mol. The molecule has 15 heavy (non-hydrogen) atoms. The van der Waals surface area contributed by atoms with Crippen LogP contribution in [-0.2, 0) is 9.53 Å². The van der Waals surface area contributed by atoms with Crippen LogP contribution >= 0.6 is 0 Å². The summed E-state index contributed by atoms with van der Waals surface area (Å²) in [7, 11) is 1.46. The molecule has 2 rings (SSSR count). The predicted molar refractivity (Wildman–Crippen MR) is 58.3 cm³/mol. The van der Waals surface area contributed by atoms with E-state index in [0.717, 1.165) is 30.5 Å². The number of methoxy groups -OCH3 is 1. The molecule has 0 bridgehead atoms. The topological polar surface area (TPSA) is 38.3 Å². The highest BCUT2D eigenvalue weighted by Crippen LogP contribution is 2.27. The Morgan fingerprint density at radius 3 is 2.67 bits per heavy atom. The number of rotatable bonds is 3. The van der Waals surface area contributed by atoms with E-state index in [1.165, 1.54) is 32.8 Å². The first-order valence-electron chi connectivity index (χ1n) is 5.88. The molecule has 0 atom stereocenters. The van der Waals surface area contributed by atoms with Crippen molar-refractivity contribution in [3.05, 3.63) is 11.3 Å². The molecule has 0 saturated heterocycles. The van der Waals surface area contributed by atoms with Crippen LogP contribution in [0, 0.1) is 0 Å². The van der Waals surface area contributed by atoms with Gasteiger partial charge in [0.25, 0.3) is 0 Å². The van der Waals surface area contributed by atoms with Gasteiger partial charge in [-0.3, -0.25) is 0 Å². The molecule has 1 saturated carbocycles. The summed E-state index contributed by atoms with van der Waals surface area (Å²) < 4.78 is 4.79. The SMILES string of the molecule is COC(=O)C1=C(NC2CCCC2)CCC1. The Bertz CT molecular complexity index is 277. The molecule has 0 aromatic heterocycles. The predicted octanol–water partition coefficient (Wildman–Crippen LogP) is 2.13. The highest BCUT2D eigenvalue weighted by Gasteiger charge is 2.24. The molecule has 0 radical (unpaired) electrons. The lowest BCUT2D eigenvalue weighted by atomic mass is 10.2. The summed E-state index contributed by atoms with van der Waals surface area (Å²) in [5.74, 6) is -0.145. The first-order chi connectivity index (χ1) is 7.31. The molecule has 1 N–H and O–H groups in total. The Morgan fingerprint density at radius 2 is 2.00 bits per heavy atom. The van der Waals surface area contributed by atoms with Crippen LogP contribution in [0.25, 0.3) is 0 Å². The zero-order chi connectivity index (χ0) is 10.7. The lowest BCUT2D eigenvalue weighted by Gasteiger charge is -2.15. The normalized spacial score (nSPS) is 22.2. The van der Waals surface area contributed by atoms with E-state index in [2.05, 4.69) is 5.32 Å². The molecule has 0 aromatic carbocycles. The summed E-state index contributed by atoms with van der Waals surface area (Å²) in [6.45, 7) is 0. The standard InChI is InChI=1S/C12H19NO2/c1-15-12(14)10-7-4-8-11(10)13-9-5-2-3-6-9/h9,13H,2-8H2,1H3. The van der Waals surface area contributed by atoms with E-state index in [4.69, 9.17) is 4.74 Å². The molecule has 0 aliphatic heterocycles. The van der Waals surface area contributed by atoms with Crippen LogP contribution in [0.5, 0.6) is 0 Å². The van der Waals surface area contributed by atoms with E-state index in [-0.39, 0.29) is 5.97 Å². The van der Waals surface area contributed by atoms with E-state index in [1.54, 1.807) is 0 Å². The van der Waals surface area contributed by atoms with Crippen molar-refractivity contribution < 1.29 is 9.53 Å². The Morgan fingerprint density at radius 1 is 1.27 bits per heavy atom. The van der Waals surface area contributed by atoms with Gasteiger partial charge in [0.2, 0.25) is 0 Å². The summed E-state index contributed by atoms with van der Waals surface area (Å²) in [4.78, 5) is 11.5. The first kappa shape index (κ1) is 10.5. The van der Waals surface area contributed by atoms with Gasteiger partial charge in [-0.2, -0.15) is 0 Å². The molecule has 2 aliphatic carbocycles. The maximum absolute atomic E-state index is 11.5. The second kappa shape index (κ2) is 4.69. The second-order valence-electron chi connectivity index (χ2n) is 4.43. The summed E-state index contributed by atoms with van der Waals surface area (Å²) in [5, 5.41) is 3.52. The third kappa shape index (κ3) is 2.33. The third-order valence-corrected chi connectivity index (χ3v) is 3.38. The summed E-state index contributed by atoms with van der Waals surface area (Å²) >= 11 is 0. The third-order valence-electron chi connectivity index (χ3n) is 3.38. The molecule has 3 nitrogen and oxygen atoms in total. The zero-order valence-corrected chi connectivity index (χ0v) is 9.34. The summed E-state index contributed by atoms with van der Waals surface area (Å²) in [6, 6.07) is 0.595. The van der Waals surface area contributed by atoms with Crippen molar-refractivity contribution in [1.82, 2.24) is 5.32 Å². The number of carbonyl (C=O) groups is 1. The fraction of sp³-hybridized carbons (Fsp3) is 0.750. The second-order valence-corrected chi connectivity index (χ2v) is 4.43. The van der Waals surface area contributed by atoms with Crippen molar-refractivity contribution in [1.29, 1.82) is 0 Å². The van der Waals surface area contributed by atoms with Crippen LogP contribution in [0.4, 0.5) is 0 Å². The van der Waals surface area contributed by atoms with Gasteiger partial charge in [-0.25, -0.2) is 4.79 Å². The fourth-order valence-electron chi connectivity index (χ4n) is 2.57. The van der Waals surface area contributed by atoms with Gasteiger partial charge in [-0.1, -0.05) is 12.8 Å². The zero-order valence-electron chi connectivity index (χ0n) is 9.34. The van der Waals surface area contributed by atoms with Gasteiger partial charge in [0.1, 0.15) is 0 Å². The first-order valence-corrected chi connectivity index (χ1v) is 5.88. The number of nitrogens with one attached hydrogen (secondary N) is 1. The van der Waals surface area contributed by atoms with Crippen LogP contribution in [0.15, 0.2) is 11.3 Å². The summed E-state index contributed by atoms with van der Waals surface area (Å²) in [6.07, 6.45) is 8.11. The lowest BCUT2D eigenvalue weighted by Crippen LogP contribution is -2.26. The molecular formula is C12H19NO2. The average molecular weight is 209 g/mol. The van der Waals surface area contributed by atoms with Crippen molar-refractivity contribution in [2.24, 2.45) is 0 Å². The minimum Gasteiger partial charge on any atom is -0.466 e. The van der Waals surface area contributed by atoms with Crippen LogP contribution in [0.3, 0.4) is 0 Å². The fourth-order valence-corrected chi connectivity index (χ4v) is 2.57. The Labute approximate surface area is 90.9 Å². The lowest BCUT2D eigenvalue weighted by molar-refractivity contribution is -0.136. The van der Waals surface area contributed by atoms with Gasteiger partial charge in [0, 0.05) is 11.7 Å². The van der Waals surface area contributed by atoms with Crippen molar-refractivity contribution in [3.8, 4) is 0 Å². The maximum atomic E-state index is 11.5. The molecule has 1 fully saturated rings. The molecular weight excluding hydrogens is 190 g/mol. The smallest absolute Gasteiger partial charge is 0.335 e. The Hall–Kier alpha value is -0.990. The van der Waals surface area contributed by atoms with E-state index in [1.807, 2.05) is 0 Å². The number of hydrogen-bond donors (Lipinski definition) is 1. The number of ether oxygens (including phenoxy) is 1. The molecule has 0 aromatic rings. The average Bonchev–Trinajstić information content (AvgIpc) is 2.88. The van der Waals surface area contributed by atoms with E-state index < -0.39 is 0 Å². The quantitative estimate of drug-likeness (QED) is 0.724. The van der Waals surface area contributed by atoms with E-state index >= 15 is 0 Å².